The maximum Gasteiger partial charge on any atom is 0.327 e. The molecule has 2 aliphatic heterocycles. The monoisotopic (exact) mass is 249 g/mol. The molecule has 2 heterocycles. The van der Waals surface area contributed by atoms with Crippen LogP contribution in [-0.4, -0.2) is 25.9 Å². The zero-order chi connectivity index (χ0) is 12.5. The minimum atomic E-state index is -0.400. The fourth-order valence-corrected chi connectivity index (χ4v) is 2.38. The van der Waals surface area contributed by atoms with E-state index < -0.39 is 6.04 Å². The molecule has 0 spiro atoms. The summed E-state index contributed by atoms with van der Waals surface area (Å²) in [6.07, 6.45) is 0.877. The van der Waals surface area contributed by atoms with E-state index in [1.807, 2.05) is 12.1 Å². The van der Waals surface area contributed by atoms with E-state index in [-0.39, 0.29) is 12.8 Å². The predicted octanol–water partition coefficient (Wildman–Crippen LogP) is 1.17. The number of hydrogen-bond donors (Lipinski definition) is 1. The van der Waals surface area contributed by atoms with Gasteiger partial charge in [-0.2, -0.15) is 0 Å². The number of rotatable bonds is 2. The summed E-state index contributed by atoms with van der Waals surface area (Å²) in [7, 11) is 0. The Labute approximate surface area is 105 Å². The summed E-state index contributed by atoms with van der Waals surface area (Å²) in [6, 6.07) is 3.44. The molecule has 3 rings (SSSR count). The van der Waals surface area contributed by atoms with Crippen molar-refractivity contribution < 1.29 is 19.0 Å². The lowest BCUT2D eigenvalue weighted by Crippen LogP contribution is -2.36. The van der Waals surface area contributed by atoms with E-state index in [0.29, 0.717) is 12.4 Å². The van der Waals surface area contributed by atoms with Crippen molar-refractivity contribution in [2.24, 2.45) is 0 Å². The summed E-state index contributed by atoms with van der Waals surface area (Å²) in [6.45, 7) is 3.20. The molecule has 0 bridgehead atoms. The normalized spacial score (nSPS) is 20.4. The van der Waals surface area contributed by atoms with Crippen molar-refractivity contribution in [1.29, 1.82) is 0 Å². The van der Waals surface area contributed by atoms with Crippen LogP contribution in [0, 0.1) is 0 Å². The van der Waals surface area contributed by atoms with Crippen LogP contribution in [0.2, 0.25) is 0 Å². The Balaban J connectivity index is 1.97. The molecule has 0 aliphatic carbocycles. The molecule has 0 radical (unpaired) electrons. The summed E-state index contributed by atoms with van der Waals surface area (Å²) < 4.78 is 15.8. The lowest BCUT2D eigenvalue weighted by molar-refractivity contribution is -0.146. The zero-order valence-electron chi connectivity index (χ0n) is 10.2. The Morgan fingerprint density at radius 1 is 1.44 bits per heavy atom. The van der Waals surface area contributed by atoms with E-state index in [9.17, 15) is 4.79 Å². The second-order valence-electron chi connectivity index (χ2n) is 4.29. The standard InChI is InChI=1S/C13H15NO4/c1-2-16-13(15)12-9-6-11-10(17-7-18-11)5-8(9)3-4-14-12/h5-6,12,14H,2-4,7H2,1H3. The van der Waals surface area contributed by atoms with E-state index in [0.717, 1.165) is 29.8 Å². The van der Waals surface area contributed by atoms with E-state index in [2.05, 4.69) is 5.32 Å². The van der Waals surface area contributed by atoms with E-state index in [1.165, 1.54) is 0 Å². The van der Waals surface area contributed by atoms with Crippen LogP contribution in [0.5, 0.6) is 11.5 Å². The highest BCUT2D eigenvalue weighted by molar-refractivity contribution is 5.79. The third kappa shape index (κ3) is 1.80. The first kappa shape index (κ1) is 11.3. The molecule has 0 saturated heterocycles. The summed E-state index contributed by atoms with van der Waals surface area (Å²) in [4.78, 5) is 11.9. The molecule has 1 unspecified atom stereocenters. The smallest absolute Gasteiger partial charge is 0.327 e. The molecule has 1 N–H and O–H groups in total. The molecule has 2 aliphatic rings. The van der Waals surface area contributed by atoms with Crippen LogP contribution >= 0.6 is 0 Å². The molecule has 0 aromatic heterocycles. The topological polar surface area (TPSA) is 56.8 Å². The number of nitrogens with one attached hydrogen (secondary N) is 1. The van der Waals surface area contributed by atoms with Crippen LogP contribution in [0.1, 0.15) is 24.1 Å². The number of carbonyl (C=O) groups is 1. The molecular weight excluding hydrogens is 234 g/mol. The summed E-state index contributed by atoms with van der Waals surface area (Å²) in [5.74, 6) is 1.22. The highest BCUT2D eigenvalue weighted by atomic mass is 16.7. The van der Waals surface area contributed by atoms with Crippen molar-refractivity contribution in [3.05, 3.63) is 23.3 Å². The maximum absolute atomic E-state index is 11.9. The minimum Gasteiger partial charge on any atom is -0.465 e. The van der Waals surface area contributed by atoms with Gasteiger partial charge in [-0.15, -0.1) is 0 Å². The molecule has 18 heavy (non-hydrogen) atoms. The highest BCUT2D eigenvalue weighted by Gasteiger charge is 2.30. The first-order valence-corrected chi connectivity index (χ1v) is 6.12. The highest BCUT2D eigenvalue weighted by Crippen LogP contribution is 2.38. The molecule has 0 fully saturated rings. The Bertz CT molecular complexity index is 486. The maximum atomic E-state index is 11.9. The average molecular weight is 249 g/mol. The fraction of sp³-hybridized carbons (Fsp3) is 0.462. The van der Waals surface area contributed by atoms with Crippen molar-refractivity contribution in [2.45, 2.75) is 19.4 Å². The number of esters is 1. The first-order chi connectivity index (χ1) is 8.79. The van der Waals surface area contributed by atoms with Gasteiger partial charge >= 0.3 is 5.97 Å². The number of hydrogen-bond acceptors (Lipinski definition) is 5. The van der Waals surface area contributed by atoms with Gasteiger partial charge in [0.05, 0.1) is 6.61 Å². The second kappa shape index (κ2) is 4.49. The molecule has 1 atom stereocenters. The van der Waals surface area contributed by atoms with E-state index in [4.69, 9.17) is 14.2 Å². The number of fused-ring (bicyclic) bond motifs is 2. The first-order valence-electron chi connectivity index (χ1n) is 6.12. The van der Waals surface area contributed by atoms with Crippen LogP contribution in [0.4, 0.5) is 0 Å². The van der Waals surface area contributed by atoms with Crippen LogP contribution in [0.3, 0.4) is 0 Å². The van der Waals surface area contributed by atoms with E-state index in [1.54, 1.807) is 6.92 Å². The summed E-state index contributed by atoms with van der Waals surface area (Å²) >= 11 is 0. The minimum absolute atomic E-state index is 0.239. The predicted molar refractivity (Wildman–Crippen MR) is 63.6 cm³/mol. The Morgan fingerprint density at radius 2 is 2.22 bits per heavy atom. The molecule has 96 valence electrons. The van der Waals surface area contributed by atoms with Gasteiger partial charge in [-0.3, -0.25) is 0 Å². The van der Waals surface area contributed by atoms with Gasteiger partial charge in [0.2, 0.25) is 6.79 Å². The molecule has 1 aromatic carbocycles. The lowest BCUT2D eigenvalue weighted by Gasteiger charge is -2.25. The number of ether oxygens (including phenoxy) is 3. The third-order valence-corrected chi connectivity index (χ3v) is 3.21. The van der Waals surface area contributed by atoms with Crippen LogP contribution in [0.25, 0.3) is 0 Å². The Morgan fingerprint density at radius 3 is 3.00 bits per heavy atom. The molecular formula is C13H15NO4. The zero-order valence-corrected chi connectivity index (χ0v) is 10.2. The fourth-order valence-electron chi connectivity index (χ4n) is 2.38. The van der Waals surface area contributed by atoms with Crippen molar-refractivity contribution in [3.8, 4) is 11.5 Å². The van der Waals surface area contributed by atoms with E-state index >= 15 is 0 Å². The van der Waals surface area contributed by atoms with Crippen LogP contribution in [0.15, 0.2) is 12.1 Å². The van der Waals surface area contributed by atoms with Gasteiger partial charge in [0.25, 0.3) is 0 Å². The van der Waals surface area contributed by atoms with Crippen molar-refractivity contribution >= 4 is 5.97 Å². The summed E-state index contributed by atoms with van der Waals surface area (Å²) in [5, 5.41) is 3.18. The van der Waals surface area contributed by atoms with Gasteiger partial charge in [-0.25, -0.2) is 4.79 Å². The van der Waals surface area contributed by atoms with Crippen LogP contribution in [-0.2, 0) is 16.0 Å². The van der Waals surface area contributed by atoms with Crippen molar-refractivity contribution in [2.75, 3.05) is 19.9 Å². The Hall–Kier alpha value is -1.75. The molecule has 1 aromatic rings. The number of benzene rings is 1. The largest absolute Gasteiger partial charge is 0.465 e. The summed E-state index contributed by atoms with van der Waals surface area (Å²) in [5.41, 5.74) is 2.06. The average Bonchev–Trinajstić information content (AvgIpc) is 2.82. The third-order valence-electron chi connectivity index (χ3n) is 3.21. The molecule has 5 nitrogen and oxygen atoms in total. The molecule has 0 amide bonds. The van der Waals surface area contributed by atoms with Gasteiger partial charge in [0.15, 0.2) is 11.5 Å². The SMILES string of the molecule is CCOC(=O)C1NCCc2cc3c(cc21)OCO3. The van der Waals surface area contributed by atoms with Gasteiger partial charge < -0.3 is 19.5 Å². The second-order valence-corrected chi connectivity index (χ2v) is 4.29. The van der Waals surface area contributed by atoms with Gasteiger partial charge in [0, 0.05) is 6.54 Å². The quantitative estimate of drug-likeness (QED) is 0.797. The van der Waals surface area contributed by atoms with Gasteiger partial charge in [-0.05, 0) is 36.6 Å². The van der Waals surface area contributed by atoms with Gasteiger partial charge in [-0.1, -0.05) is 0 Å². The van der Waals surface area contributed by atoms with Crippen LogP contribution < -0.4 is 14.8 Å². The van der Waals surface area contributed by atoms with Crippen molar-refractivity contribution in [1.82, 2.24) is 5.32 Å². The lowest BCUT2D eigenvalue weighted by atomic mass is 9.93. The Kier molecular flexibility index (Phi) is 2.83. The number of carbonyl (C=O) groups excluding carboxylic acids is 1. The van der Waals surface area contributed by atoms with Gasteiger partial charge in [0.1, 0.15) is 6.04 Å². The molecule has 0 saturated carbocycles. The molecule has 5 heteroatoms. The van der Waals surface area contributed by atoms with Crippen molar-refractivity contribution in [3.63, 3.8) is 0 Å².